The van der Waals surface area contributed by atoms with Gasteiger partial charge in [0.05, 0.1) is 24.8 Å². The maximum atomic E-state index is 13.1. The van der Waals surface area contributed by atoms with Crippen LogP contribution in [0.4, 0.5) is 4.39 Å². The quantitative estimate of drug-likeness (QED) is 0.732. The second-order valence-electron chi connectivity index (χ2n) is 4.26. The third-order valence-corrected chi connectivity index (χ3v) is 2.78. The van der Waals surface area contributed by atoms with Gasteiger partial charge in [-0.3, -0.25) is 9.69 Å². The first-order valence-corrected chi connectivity index (χ1v) is 6.18. The summed E-state index contributed by atoms with van der Waals surface area (Å²) in [5.74, 6) is -1.22. The van der Waals surface area contributed by atoms with Crippen LogP contribution in [0.1, 0.15) is 16.8 Å². The number of methoxy groups -OCH3 is 1. The van der Waals surface area contributed by atoms with Gasteiger partial charge < -0.3 is 9.84 Å². The Kier molecular flexibility index (Phi) is 6.64. The number of nitrogens with zero attached hydrogens (tertiary/aromatic N) is 2. The molecule has 0 atom stereocenters. The lowest BCUT2D eigenvalue weighted by atomic mass is 10.1. The van der Waals surface area contributed by atoms with Gasteiger partial charge in [0.1, 0.15) is 11.6 Å². The number of aromatic hydroxyl groups is 1. The summed E-state index contributed by atoms with van der Waals surface area (Å²) in [6.07, 6.45) is 0.284. The summed E-state index contributed by atoms with van der Waals surface area (Å²) in [5.41, 5.74) is -0.0515. The predicted octanol–water partition coefficient (Wildman–Crippen LogP) is 1.58. The number of halogens is 1. The molecule has 20 heavy (non-hydrogen) atoms. The highest BCUT2D eigenvalue weighted by molar-refractivity contribution is 6.00. The van der Waals surface area contributed by atoms with Crippen LogP contribution in [-0.2, 0) is 4.74 Å². The molecule has 0 spiro atoms. The molecule has 0 fully saturated rings. The van der Waals surface area contributed by atoms with Crippen molar-refractivity contribution >= 4 is 5.78 Å². The van der Waals surface area contributed by atoms with Crippen molar-refractivity contribution in [1.29, 1.82) is 5.26 Å². The summed E-state index contributed by atoms with van der Waals surface area (Å²) in [6, 6.07) is 5.25. The van der Waals surface area contributed by atoms with E-state index in [0.29, 0.717) is 19.7 Å². The van der Waals surface area contributed by atoms with E-state index in [1.807, 2.05) is 6.07 Å². The number of ether oxygens (including phenoxy) is 1. The van der Waals surface area contributed by atoms with E-state index in [1.165, 1.54) is 0 Å². The van der Waals surface area contributed by atoms with E-state index in [4.69, 9.17) is 10.00 Å². The zero-order valence-electron chi connectivity index (χ0n) is 11.3. The number of phenols is 1. The number of carbonyl (C=O) groups is 1. The first kappa shape index (κ1) is 16.1. The summed E-state index contributed by atoms with van der Waals surface area (Å²) in [6.45, 7) is 1.33. The monoisotopic (exact) mass is 280 g/mol. The number of phenolic OH excluding ortho intramolecular Hbond substituents is 1. The molecule has 0 bridgehead atoms. The number of hydrogen-bond donors (Lipinski definition) is 1. The Hall–Kier alpha value is -1.97. The first-order valence-electron chi connectivity index (χ1n) is 6.18. The van der Waals surface area contributed by atoms with Gasteiger partial charge in [-0.2, -0.15) is 5.26 Å². The van der Waals surface area contributed by atoms with Crippen molar-refractivity contribution in [2.75, 3.05) is 33.4 Å². The van der Waals surface area contributed by atoms with E-state index in [0.717, 1.165) is 18.2 Å². The molecule has 0 saturated heterocycles. The third-order valence-electron chi connectivity index (χ3n) is 2.78. The molecular weight excluding hydrogens is 263 g/mol. The molecule has 0 aliphatic heterocycles. The molecule has 1 rings (SSSR count). The number of hydrogen-bond acceptors (Lipinski definition) is 5. The highest BCUT2D eigenvalue weighted by atomic mass is 19.1. The molecule has 0 aromatic heterocycles. The van der Waals surface area contributed by atoms with Gasteiger partial charge in [0, 0.05) is 26.6 Å². The SMILES string of the molecule is COCCN(CCC#N)CC(=O)c1cc(F)ccc1O. The van der Waals surface area contributed by atoms with Gasteiger partial charge in [-0.05, 0) is 18.2 Å². The Labute approximate surface area is 117 Å². The molecule has 1 N–H and O–H groups in total. The lowest BCUT2D eigenvalue weighted by Crippen LogP contribution is -2.33. The average molecular weight is 280 g/mol. The zero-order chi connectivity index (χ0) is 15.0. The second kappa shape index (κ2) is 8.25. The summed E-state index contributed by atoms with van der Waals surface area (Å²) in [5, 5.41) is 18.2. The molecule has 0 amide bonds. The van der Waals surface area contributed by atoms with Crippen molar-refractivity contribution in [2.45, 2.75) is 6.42 Å². The Bertz CT molecular complexity index is 500. The van der Waals surface area contributed by atoms with Crippen LogP contribution in [0.25, 0.3) is 0 Å². The highest BCUT2D eigenvalue weighted by Crippen LogP contribution is 2.18. The fraction of sp³-hybridized carbons (Fsp3) is 0.429. The minimum Gasteiger partial charge on any atom is -0.507 e. The highest BCUT2D eigenvalue weighted by Gasteiger charge is 2.16. The van der Waals surface area contributed by atoms with E-state index in [9.17, 15) is 14.3 Å². The van der Waals surface area contributed by atoms with Crippen LogP contribution in [0.5, 0.6) is 5.75 Å². The van der Waals surface area contributed by atoms with Crippen molar-refractivity contribution in [1.82, 2.24) is 4.90 Å². The van der Waals surface area contributed by atoms with Crippen LogP contribution < -0.4 is 0 Å². The molecular formula is C14H17FN2O3. The molecule has 108 valence electrons. The normalized spacial score (nSPS) is 10.5. The number of nitriles is 1. The van der Waals surface area contributed by atoms with E-state index in [1.54, 1.807) is 12.0 Å². The largest absolute Gasteiger partial charge is 0.507 e. The Morgan fingerprint density at radius 2 is 2.25 bits per heavy atom. The first-order chi connectivity index (χ1) is 9.58. The topological polar surface area (TPSA) is 73.6 Å². The molecule has 0 heterocycles. The van der Waals surface area contributed by atoms with Gasteiger partial charge >= 0.3 is 0 Å². The van der Waals surface area contributed by atoms with Crippen LogP contribution in [0.2, 0.25) is 0 Å². The maximum absolute atomic E-state index is 13.1. The molecule has 1 aromatic rings. The third kappa shape index (κ3) is 4.96. The van der Waals surface area contributed by atoms with Crippen molar-refractivity contribution in [3.8, 4) is 11.8 Å². The molecule has 5 nitrogen and oxygen atoms in total. The fourth-order valence-corrected chi connectivity index (χ4v) is 1.72. The van der Waals surface area contributed by atoms with Crippen molar-refractivity contribution in [2.24, 2.45) is 0 Å². The molecule has 0 unspecified atom stereocenters. The molecule has 0 radical (unpaired) electrons. The zero-order valence-corrected chi connectivity index (χ0v) is 11.3. The fourth-order valence-electron chi connectivity index (χ4n) is 1.72. The van der Waals surface area contributed by atoms with Crippen LogP contribution >= 0.6 is 0 Å². The Morgan fingerprint density at radius 1 is 1.50 bits per heavy atom. The van der Waals surface area contributed by atoms with Gasteiger partial charge in [-0.15, -0.1) is 0 Å². The molecule has 6 heteroatoms. The summed E-state index contributed by atoms with van der Waals surface area (Å²) >= 11 is 0. The number of Topliss-reactive ketones (excluding diaryl/α,β-unsaturated/α-hetero) is 1. The van der Waals surface area contributed by atoms with Gasteiger partial charge in [0.25, 0.3) is 0 Å². The van der Waals surface area contributed by atoms with Gasteiger partial charge in [-0.25, -0.2) is 4.39 Å². The lowest BCUT2D eigenvalue weighted by Gasteiger charge is -2.20. The van der Waals surface area contributed by atoms with E-state index < -0.39 is 11.6 Å². The molecule has 1 aromatic carbocycles. The molecule has 0 aliphatic carbocycles. The van der Waals surface area contributed by atoms with Crippen molar-refractivity contribution in [3.05, 3.63) is 29.6 Å². The lowest BCUT2D eigenvalue weighted by molar-refractivity contribution is 0.0895. The van der Waals surface area contributed by atoms with E-state index in [2.05, 4.69) is 0 Å². The summed E-state index contributed by atoms with van der Waals surface area (Å²) in [7, 11) is 1.54. The van der Waals surface area contributed by atoms with E-state index in [-0.39, 0.29) is 24.3 Å². The van der Waals surface area contributed by atoms with Gasteiger partial charge in [0.2, 0.25) is 0 Å². The molecule has 0 saturated carbocycles. The second-order valence-corrected chi connectivity index (χ2v) is 4.26. The average Bonchev–Trinajstić information content (AvgIpc) is 2.44. The van der Waals surface area contributed by atoms with Gasteiger partial charge in [0.15, 0.2) is 5.78 Å². The minimum atomic E-state index is -0.577. The van der Waals surface area contributed by atoms with Crippen molar-refractivity contribution < 1.29 is 19.0 Å². The van der Waals surface area contributed by atoms with Crippen LogP contribution in [0, 0.1) is 17.1 Å². The Morgan fingerprint density at radius 3 is 2.90 bits per heavy atom. The standard InChI is InChI=1S/C14H17FN2O3/c1-20-8-7-17(6-2-5-16)10-14(19)12-9-11(15)3-4-13(12)18/h3-4,9,18H,2,6-8,10H2,1H3. The predicted molar refractivity (Wildman–Crippen MR) is 70.9 cm³/mol. The summed E-state index contributed by atoms with van der Waals surface area (Å²) < 4.78 is 18.0. The number of ketones is 1. The van der Waals surface area contributed by atoms with Gasteiger partial charge in [-0.1, -0.05) is 0 Å². The maximum Gasteiger partial charge on any atom is 0.180 e. The smallest absolute Gasteiger partial charge is 0.180 e. The minimum absolute atomic E-state index is 0.00204. The number of rotatable bonds is 8. The van der Waals surface area contributed by atoms with Crippen LogP contribution in [-0.4, -0.2) is 49.1 Å². The van der Waals surface area contributed by atoms with Crippen LogP contribution in [0.3, 0.4) is 0 Å². The summed E-state index contributed by atoms with van der Waals surface area (Å²) in [4.78, 5) is 13.8. The van der Waals surface area contributed by atoms with E-state index >= 15 is 0 Å². The Balaban J connectivity index is 2.73. The van der Waals surface area contributed by atoms with Crippen LogP contribution in [0.15, 0.2) is 18.2 Å². The van der Waals surface area contributed by atoms with Crippen molar-refractivity contribution in [3.63, 3.8) is 0 Å². The molecule has 0 aliphatic rings. The number of benzene rings is 1. The number of carbonyl (C=O) groups excluding carboxylic acids is 1.